The molecule has 0 saturated heterocycles. The third-order valence-electron chi connectivity index (χ3n) is 2.80. The van der Waals surface area contributed by atoms with E-state index in [1.807, 2.05) is 6.92 Å². The molecule has 0 amide bonds. The van der Waals surface area contributed by atoms with Gasteiger partial charge in [0.25, 0.3) is 0 Å². The van der Waals surface area contributed by atoms with E-state index >= 15 is 0 Å². The van der Waals surface area contributed by atoms with E-state index in [4.69, 9.17) is 5.11 Å². The number of anilines is 1. The van der Waals surface area contributed by atoms with Crippen LogP contribution >= 0.6 is 0 Å². The molecule has 1 aromatic rings. The van der Waals surface area contributed by atoms with Gasteiger partial charge in [0.2, 0.25) is 0 Å². The fourth-order valence-corrected chi connectivity index (χ4v) is 1.85. The molecule has 1 aliphatic carbocycles. The maximum Gasteiger partial charge on any atom is 0.132 e. The number of rotatable bonds is 4. The highest BCUT2D eigenvalue weighted by Crippen LogP contribution is 2.24. The number of hydrogen-bond acceptors (Lipinski definition) is 4. The zero-order valence-corrected chi connectivity index (χ0v) is 9.03. The van der Waals surface area contributed by atoms with Crippen LogP contribution in [0.5, 0.6) is 0 Å². The molecule has 1 heterocycles. The second-order valence-corrected chi connectivity index (χ2v) is 4.17. The van der Waals surface area contributed by atoms with Gasteiger partial charge in [-0.05, 0) is 25.2 Å². The van der Waals surface area contributed by atoms with Crippen LogP contribution in [0, 0.1) is 5.92 Å². The van der Waals surface area contributed by atoms with Crippen molar-refractivity contribution in [3.8, 4) is 0 Å². The minimum atomic E-state index is 0.209. The van der Waals surface area contributed by atoms with Gasteiger partial charge < -0.3 is 10.4 Å². The minimum Gasteiger partial charge on any atom is -0.396 e. The van der Waals surface area contributed by atoms with E-state index in [1.165, 1.54) is 17.7 Å². The molecular weight excluding hydrogens is 190 g/mol. The number of aryl methyl sites for hydroxylation is 1. The first kappa shape index (κ1) is 10.4. The third-order valence-corrected chi connectivity index (χ3v) is 2.80. The maximum atomic E-state index is 8.93. The van der Waals surface area contributed by atoms with Gasteiger partial charge in [0.15, 0.2) is 0 Å². The summed E-state index contributed by atoms with van der Waals surface area (Å²) in [4.78, 5) is 8.52. The highest BCUT2D eigenvalue weighted by molar-refractivity contribution is 5.47. The first-order valence-corrected chi connectivity index (χ1v) is 5.48. The standard InChI is InChI=1S/C11H17N3O/c1-8(6-15)5-12-11-9-3-2-4-10(9)13-7-14-11/h7-8,15H,2-6H2,1H3,(H,12,13,14). The summed E-state index contributed by atoms with van der Waals surface area (Å²) in [7, 11) is 0. The van der Waals surface area contributed by atoms with Crippen LogP contribution in [-0.2, 0) is 12.8 Å². The summed E-state index contributed by atoms with van der Waals surface area (Å²) in [6.07, 6.45) is 4.95. The topological polar surface area (TPSA) is 58.0 Å². The summed E-state index contributed by atoms with van der Waals surface area (Å²) < 4.78 is 0. The van der Waals surface area contributed by atoms with Gasteiger partial charge >= 0.3 is 0 Å². The molecule has 0 radical (unpaired) electrons. The lowest BCUT2D eigenvalue weighted by atomic mass is 10.2. The normalized spacial score (nSPS) is 16.1. The highest BCUT2D eigenvalue weighted by atomic mass is 16.3. The third kappa shape index (κ3) is 2.26. The summed E-state index contributed by atoms with van der Waals surface area (Å²) >= 11 is 0. The minimum absolute atomic E-state index is 0.209. The molecule has 0 aliphatic heterocycles. The van der Waals surface area contributed by atoms with Gasteiger partial charge in [-0.1, -0.05) is 6.92 Å². The smallest absolute Gasteiger partial charge is 0.132 e. The zero-order chi connectivity index (χ0) is 10.7. The largest absolute Gasteiger partial charge is 0.396 e. The fourth-order valence-electron chi connectivity index (χ4n) is 1.85. The van der Waals surface area contributed by atoms with Crippen LogP contribution in [0.4, 0.5) is 5.82 Å². The second-order valence-electron chi connectivity index (χ2n) is 4.17. The summed E-state index contributed by atoms with van der Waals surface area (Å²) in [5, 5.41) is 12.2. The number of nitrogens with one attached hydrogen (secondary N) is 1. The number of aromatic nitrogens is 2. The second kappa shape index (κ2) is 4.57. The fraction of sp³-hybridized carbons (Fsp3) is 0.636. The summed E-state index contributed by atoms with van der Waals surface area (Å²) in [6.45, 7) is 2.98. The van der Waals surface area contributed by atoms with Crippen LogP contribution in [0.1, 0.15) is 24.6 Å². The number of nitrogens with zero attached hydrogens (tertiary/aromatic N) is 2. The van der Waals surface area contributed by atoms with Crippen molar-refractivity contribution in [3.05, 3.63) is 17.6 Å². The molecule has 0 aromatic carbocycles. The van der Waals surface area contributed by atoms with Crippen molar-refractivity contribution in [1.29, 1.82) is 0 Å². The molecule has 82 valence electrons. The molecule has 4 nitrogen and oxygen atoms in total. The van der Waals surface area contributed by atoms with E-state index in [9.17, 15) is 0 Å². The molecule has 0 bridgehead atoms. The first-order chi connectivity index (χ1) is 7.31. The average molecular weight is 207 g/mol. The summed E-state index contributed by atoms with van der Waals surface area (Å²) in [5.41, 5.74) is 2.45. The number of aliphatic hydroxyl groups excluding tert-OH is 1. The Balaban J connectivity index is 2.06. The quantitative estimate of drug-likeness (QED) is 0.773. The molecule has 15 heavy (non-hydrogen) atoms. The van der Waals surface area contributed by atoms with Crippen molar-refractivity contribution in [2.75, 3.05) is 18.5 Å². The van der Waals surface area contributed by atoms with E-state index in [-0.39, 0.29) is 12.5 Å². The van der Waals surface area contributed by atoms with Crippen LogP contribution < -0.4 is 5.32 Å². The highest BCUT2D eigenvalue weighted by Gasteiger charge is 2.16. The lowest BCUT2D eigenvalue weighted by Crippen LogP contribution is -2.16. The van der Waals surface area contributed by atoms with Gasteiger partial charge in [0.05, 0.1) is 0 Å². The molecule has 2 rings (SSSR count). The molecule has 2 N–H and O–H groups in total. The monoisotopic (exact) mass is 207 g/mol. The number of fused-ring (bicyclic) bond motifs is 1. The molecular formula is C11H17N3O. The Morgan fingerprint density at radius 2 is 2.33 bits per heavy atom. The average Bonchev–Trinajstić information content (AvgIpc) is 2.74. The molecule has 4 heteroatoms. The van der Waals surface area contributed by atoms with Crippen molar-refractivity contribution in [2.24, 2.45) is 5.92 Å². The van der Waals surface area contributed by atoms with Crippen molar-refractivity contribution in [2.45, 2.75) is 26.2 Å². The Labute approximate surface area is 89.8 Å². The Hall–Kier alpha value is -1.16. The van der Waals surface area contributed by atoms with E-state index in [1.54, 1.807) is 6.33 Å². The van der Waals surface area contributed by atoms with Crippen LogP contribution in [0.3, 0.4) is 0 Å². The van der Waals surface area contributed by atoms with Gasteiger partial charge in [-0.25, -0.2) is 9.97 Å². The molecule has 1 unspecified atom stereocenters. The Bertz CT molecular complexity index is 341. The van der Waals surface area contributed by atoms with E-state index < -0.39 is 0 Å². The van der Waals surface area contributed by atoms with Crippen molar-refractivity contribution in [1.82, 2.24) is 9.97 Å². The van der Waals surface area contributed by atoms with Crippen LogP contribution in [0.15, 0.2) is 6.33 Å². The predicted molar refractivity (Wildman–Crippen MR) is 58.8 cm³/mol. The molecule has 1 aliphatic rings. The molecule has 1 atom stereocenters. The Morgan fingerprint density at radius 3 is 3.13 bits per heavy atom. The van der Waals surface area contributed by atoms with Gasteiger partial charge in [-0.2, -0.15) is 0 Å². The number of aliphatic hydroxyl groups is 1. The molecule has 0 saturated carbocycles. The molecule has 0 fully saturated rings. The van der Waals surface area contributed by atoms with Crippen LogP contribution in [0.2, 0.25) is 0 Å². The van der Waals surface area contributed by atoms with E-state index in [0.29, 0.717) is 0 Å². The Kier molecular flexibility index (Phi) is 3.16. The SMILES string of the molecule is CC(CO)CNc1ncnc2c1CCC2. The van der Waals surface area contributed by atoms with E-state index in [2.05, 4.69) is 15.3 Å². The predicted octanol–water partition coefficient (Wildman–Crippen LogP) is 1.01. The summed E-state index contributed by atoms with van der Waals surface area (Å²) in [6, 6.07) is 0. The molecule has 1 aromatic heterocycles. The van der Waals surface area contributed by atoms with Crippen LogP contribution in [0.25, 0.3) is 0 Å². The van der Waals surface area contributed by atoms with Gasteiger partial charge in [-0.15, -0.1) is 0 Å². The lowest BCUT2D eigenvalue weighted by Gasteiger charge is -2.12. The zero-order valence-electron chi connectivity index (χ0n) is 9.03. The van der Waals surface area contributed by atoms with Gasteiger partial charge in [0.1, 0.15) is 12.1 Å². The van der Waals surface area contributed by atoms with Crippen molar-refractivity contribution >= 4 is 5.82 Å². The Morgan fingerprint density at radius 1 is 1.47 bits per heavy atom. The number of hydrogen-bond donors (Lipinski definition) is 2. The van der Waals surface area contributed by atoms with Crippen molar-refractivity contribution < 1.29 is 5.11 Å². The molecule has 0 spiro atoms. The van der Waals surface area contributed by atoms with Gasteiger partial charge in [-0.3, -0.25) is 0 Å². The summed E-state index contributed by atoms with van der Waals surface area (Å²) in [5.74, 6) is 1.22. The van der Waals surface area contributed by atoms with Crippen molar-refractivity contribution in [3.63, 3.8) is 0 Å². The van der Waals surface area contributed by atoms with Gasteiger partial charge in [0, 0.05) is 24.4 Å². The first-order valence-electron chi connectivity index (χ1n) is 5.48. The van der Waals surface area contributed by atoms with Crippen LogP contribution in [-0.4, -0.2) is 28.2 Å². The maximum absolute atomic E-state index is 8.93. The lowest BCUT2D eigenvalue weighted by molar-refractivity contribution is 0.244. The van der Waals surface area contributed by atoms with E-state index in [0.717, 1.165) is 25.2 Å².